The maximum absolute atomic E-state index is 14.5. The second-order valence-corrected chi connectivity index (χ2v) is 7.94. The van der Waals surface area contributed by atoms with Crippen molar-refractivity contribution in [1.29, 1.82) is 0 Å². The number of halogens is 4. The lowest BCUT2D eigenvalue weighted by Gasteiger charge is -2.20. The largest absolute Gasteiger partial charge is 0.394 e. The Kier molecular flexibility index (Phi) is 6.80. The summed E-state index contributed by atoms with van der Waals surface area (Å²) in [4.78, 5) is 18.7. The van der Waals surface area contributed by atoms with Gasteiger partial charge in [-0.3, -0.25) is 4.79 Å². The van der Waals surface area contributed by atoms with E-state index in [-0.39, 0.29) is 24.1 Å². The van der Waals surface area contributed by atoms with Crippen LogP contribution in [0.25, 0.3) is 0 Å². The van der Waals surface area contributed by atoms with Crippen molar-refractivity contribution in [3.05, 3.63) is 88.1 Å². The first kappa shape index (κ1) is 23.7. The molecule has 10 heteroatoms. The minimum atomic E-state index is -1.52. The Hall–Kier alpha value is -3.50. The average Bonchev–Trinajstić information content (AvgIpc) is 3.24. The van der Waals surface area contributed by atoms with E-state index in [4.69, 9.17) is 5.11 Å². The van der Waals surface area contributed by atoms with Crippen LogP contribution in [-0.4, -0.2) is 46.9 Å². The Labute approximate surface area is 192 Å². The fraction of sp³-hybridized carbons (Fsp3) is 0.250. The van der Waals surface area contributed by atoms with Gasteiger partial charge in [-0.15, -0.1) is 0 Å². The number of anilines is 2. The molecule has 3 N–H and O–H groups in total. The van der Waals surface area contributed by atoms with Crippen molar-refractivity contribution < 1.29 is 32.6 Å². The van der Waals surface area contributed by atoms with Gasteiger partial charge in [0.15, 0.2) is 17.5 Å². The summed E-state index contributed by atoms with van der Waals surface area (Å²) in [5, 5.41) is 20.8. The quantitative estimate of drug-likeness (QED) is 0.362. The van der Waals surface area contributed by atoms with Gasteiger partial charge in [-0.25, -0.2) is 22.5 Å². The van der Waals surface area contributed by atoms with Crippen molar-refractivity contribution in [2.24, 2.45) is 0 Å². The molecule has 0 aliphatic carbocycles. The van der Waals surface area contributed by atoms with E-state index >= 15 is 0 Å². The maximum atomic E-state index is 14.5. The number of hydrogen-bond acceptors (Lipinski definition) is 5. The summed E-state index contributed by atoms with van der Waals surface area (Å²) in [7, 11) is 0. The fourth-order valence-corrected chi connectivity index (χ4v) is 3.97. The Bertz CT molecular complexity index is 1220. The number of nitrogens with zero attached hydrogens (tertiary/aromatic N) is 2. The van der Waals surface area contributed by atoms with E-state index in [2.05, 4.69) is 10.3 Å². The normalized spacial score (nSPS) is 13.6. The van der Waals surface area contributed by atoms with Crippen molar-refractivity contribution in [1.82, 2.24) is 10.3 Å². The Balaban J connectivity index is 1.60. The fourth-order valence-electron chi connectivity index (χ4n) is 3.97. The smallest absolute Gasteiger partial charge is 0.254 e. The summed E-state index contributed by atoms with van der Waals surface area (Å²) in [6, 6.07) is 7.94. The zero-order chi connectivity index (χ0) is 24.4. The minimum absolute atomic E-state index is 0.134. The van der Waals surface area contributed by atoms with Gasteiger partial charge in [0.1, 0.15) is 11.6 Å². The molecule has 2 heterocycles. The number of hydrogen-bond donors (Lipinski definition) is 3. The number of aliphatic hydroxyl groups is 2. The standard InChI is InChI=1S/C24H21F4N3O3/c25-17-1-2-20-16(22(17)24(34)30-11-15(33)12-32)4-6-31(20)21-10-13(3-5-29-21)7-14-8-18(26)23(28)19(27)9-14/h1-3,5,8-10,15,32-33H,4,6-7,11-12H2,(H,30,34)/t15-/m1/s1. The highest BCUT2D eigenvalue weighted by Crippen LogP contribution is 2.37. The number of carbonyl (C=O) groups excluding carboxylic acids is 1. The number of fused-ring (bicyclic) bond motifs is 1. The van der Waals surface area contributed by atoms with Crippen LogP contribution in [0, 0.1) is 23.3 Å². The van der Waals surface area contributed by atoms with E-state index in [1.54, 1.807) is 17.0 Å². The van der Waals surface area contributed by atoms with Gasteiger partial charge in [-0.2, -0.15) is 0 Å². The number of aliphatic hydroxyl groups excluding tert-OH is 2. The van der Waals surface area contributed by atoms with E-state index in [1.165, 1.54) is 18.3 Å². The average molecular weight is 475 g/mol. The second kappa shape index (κ2) is 9.78. The Morgan fingerprint density at radius 2 is 1.79 bits per heavy atom. The van der Waals surface area contributed by atoms with Gasteiger partial charge in [0, 0.05) is 25.0 Å². The summed E-state index contributed by atoms with van der Waals surface area (Å²) in [6.45, 7) is -0.354. The van der Waals surface area contributed by atoms with Gasteiger partial charge in [0.25, 0.3) is 5.91 Å². The highest BCUT2D eigenvalue weighted by molar-refractivity contribution is 5.98. The molecular formula is C24H21F4N3O3. The summed E-state index contributed by atoms with van der Waals surface area (Å²) < 4.78 is 54.9. The molecule has 0 bridgehead atoms. The monoisotopic (exact) mass is 475 g/mol. The molecule has 0 spiro atoms. The molecule has 1 amide bonds. The van der Waals surface area contributed by atoms with Gasteiger partial charge in [0.05, 0.1) is 18.3 Å². The van der Waals surface area contributed by atoms with Gasteiger partial charge in [-0.1, -0.05) is 0 Å². The number of nitrogens with one attached hydrogen (secondary N) is 1. The third kappa shape index (κ3) is 4.73. The predicted molar refractivity (Wildman–Crippen MR) is 116 cm³/mol. The van der Waals surface area contributed by atoms with Crippen molar-refractivity contribution in [3.8, 4) is 0 Å². The summed E-state index contributed by atoms with van der Waals surface area (Å²) in [6.07, 6.45) is 0.856. The Morgan fingerprint density at radius 1 is 1.06 bits per heavy atom. The third-order valence-electron chi connectivity index (χ3n) is 5.59. The molecule has 0 fully saturated rings. The van der Waals surface area contributed by atoms with Crippen LogP contribution in [0.3, 0.4) is 0 Å². The number of amides is 1. The SMILES string of the molecule is O=C(NC[C@@H](O)CO)c1c(F)ccc2c1CCN2c1cc(Cc2cc(F)c(F)c(F)c2)ccn1. The van der Waals surface area contributed by atoms with Gasteiger partial charge >= 0.3 is 0 Å². The van der Waals surface area contributed by atoms with E-state index in [0.717, 1.165) is 12.1 Å². The maximum Gasteiger partial charge on any atom is 0.254 e. The summed E-state index contributed by atoms with van der Waals surface area (Å²) in [5.41, 5.74) is 1.84. The highest BCUT2D eigenvalue weighted by atomic mass is 19.2. The van der Waals surface area contributed by atoms with Crippen LogP contribution in [0.1, 0.15) is 27.0 Å². The van der Waals surface area contributed by atoms with Crippen LogP contribution in [0.15, 0.2) is 42.6 Å². The molecule has 0 saturated carbocycles. The molecule has 2 aromatic carbocycles. The number of benzene rings is 2. The summed E-state index contributed by atoms with van der Waals surface area (Å²) >= 11 is 0. The minimum Gasteiger partial charge on any atom is -0.394 e. The lowest BCUT2D eigenvalue weighted by Crippen LogP contribution is -2.34. The molecular weight excluding hydrogens is 454 g/mol. The van der Waals surface area contributed by atoms with E-state index in [0.29, 0.717) is 35.6 Å². The molecule has 1 aromatic heterocycles. The lowest BCUT2D eigenvalue weighted by molar-refractivity contribution is 0.0799. The predicted octanol–water partition coefficient (Wildman–Crippen LogP) is 3.01. The van der Waals surface area contributed by atoms with Gasteiger partial charge < -0.3 is 20.4 Å². The number of rotatable bonds is 7. The van der Waals surface area contributed by atoms with Crippen molar-refractivity contribution in [3.63, 3.8) is 0 Å². The molecule has 0 unspecified atom stereocenters. The first-order chi connectivity index (χ1) is 16.3. The van der Waals surface area contributed by atoms with E-state index in [9.17, 15) is 27.5 Å². The van der Waals surface area contributed by atoms with E-state index in [1.807, 2.05) is 0 Å². The van der Waals surface area contributed by atoms with Crippen molar-refractivity contribution in [2.45, 2.75) is 18.9 Å². The zero-order valence-corrected chi connectivity index (χ0v) is 17.9. The molecule has 1 aliphatic heterocycles. The molecule has 4 rings (SSSR count). The number of pyridine rings is 1. The second-order valence-electron chi connectivity index (χ2n) is 7.94. The first-order valence-electron chi connectivity index (χ1n) is 10.5. The zero-order valence-electron chi connectivity index (χ0n) is 17.9. The molecule has 1 aliphatic rings. The number of aromatic nitrogens is 1. The van der Waals surface area contributed by atoms with Gasteiger partial charge in [0.2, 0.25) is 0 Å². The molecule has 0 saturated heterocycles. The van der Waals surface area contributed by atoms with Crippen molar-refractivity contribution in [2.75, 3.05) is 24.6 Å². The van der Waals surface area contributed by atoms with E-state index < -0.39 is 41.9 Å². The van der Waals surface area contributed by atoms with Crippen LogP contribution in [0.5, 0.6) is 0 Å². The molecule has 34 heavy (non-hydrogen) atoms. The topological polar surface area (TPSA) is 85.7 Å². The lowest BCUT2D eigenvalue weighted by atomic mass is 10.0. The Morgan fingerprint density at radius 3 is 2.50 bits per heavy atom. The van der Waals surface area contributed by atoms with Gasteiger partial charge in [-0.05, 0) is 65.9 Å². The molecule has 0 radical (unpaired) electrons. The third-order valence-corrected chi connectivity index (χ3v) is 5.59. The van der Waals surface area contributed by atoms with Crippen LogP contribution in [0.2, 0.25) is 0 Å². The van der Waals surface area contributed by atoms with Crippen LogP contribution in [0.4, 0.5) is 29.1 Å². The van der Waals surface area contributed by atoms with Crippen LogP contribution < -0.4 is 10.2 Å². The first-order valence-corrected chi connectivity index (χ1v) is 10.5. The molecule has 6 nitrogen and oxygen atoms in total. The highest BCUT2D eigenvalue weighted by Gasteiger charge is 2.29. The van der Waals surface area contributed by atoms with Crippen LogP contribution in [-0.2, 0) is 12.8 Å². The van der Waals surface area contributed by atoms with Crippen molar-refractivity contribution >= 4 is 17.4 Å². The number of carbonyl (C=O) groups is 1. The molecule has 178 valence electrons. The summed E-state index contributed by atoms with van der Waals surface area (Å²) in [5.74, 6) is -4.97. The molecule has 3 aromatic rings. The van der Waals surface area contributed by atoms with Crippen LogP contribution >= 0.6 is 0 Å². The molecule has 1 atom stereocenters.